The van der Waals surface area contributed by atoms with Crippen molar-refractivity contribution in [1.29, 1.82) is 0 Å². The number of carbonyl (C=O) groups excluding carboxylic acids is 1. The molecule has 2 atom stereocenters. The van der Waals surface area contributed by atoms with E-state index >= 15 is 0 Å². The molecule has 2 N–H and O–H groups in total. The van der Waals surface area contributed by atoms with Gasteiger partial charge in [0, 0.05) is 41.7 Å². The smallest absolute Gasteiger partial charge is 0.269 e. The Bertz CT molecular complexity index is 1500. The first-order chi connectivity index (χ1) is 18.4. The lowest BCUT2D eigenvalue weighted by molar-refractivity contribution is -0.384. The summed E-state index contributed by atoms with van der Waals surface area (Å²) in [6, 6.07) is 20.8. The highest BCUT2D eigenvalue weighted by Crippen LogP contribution is 2.43. The Morgan fingerprint density at radius 2 is 1.95 bits per heavy atom. The lowest BCUT2D eigenvalue weighted by Gasteiger charge is -2.26. The fourth-order valence-electron chi connectivity index (χ4n) is 4.51. The second kappa shape index (κ2) is 10.4. The second-order valence-corrected chi connectivity index (χ2v) is 9.29. The van der Waals surface area contributed by atoms with Gasteiger partial charge >= 0.3 is 0 Å². The largest absolute Gasteiger partial charge is 0.459 e. The fourth-order valence-corrected chi connectivity index (χ4v) is 4.86. The maximum Gasteiger partial charge on any atom is 0.269 e. The number of hydrogen-bond acceptors (Lipinski definition) is 6. The Hall–Kier alpha value is -4.57. The maximum absolute atomic E-state index is 11.9. The summed E-state index contributed by atoms with van der Waals surface area (Å²) < 4.78 is 6.33. The number of furan rings is 1. The number of nitrogens with one attached hydrogen (secondary N) is 2. The summed E-state index contributed by atoms with van der Waals surface area (Å²) in [5.74, 6) is 1.19. The van der Waals surface area contributed by atoms with E-state index in [1.807, 2.05) is 67.3 Å². The van der Waals surface area contributed by atoms with Crippen LogP contribution in [0.2, 0.25) is 0 Å². The number of nitrogens with zero attached hydrogens (tertiary/aromatic N) is 3. The van der Waals surface area contributed by atoms with Crippen molar-refractivity contribution in [2.75, 3.05) is 10.2 Å². The minimum Gasteiger partial charge on any atom is -0.459 e. The molecular weight excluding hydrogens is 502 g/mol. The Morgan fingerprint density at radius 3 is 2.61 bits per heavy atom. The van der Waals surface area contributed by atoms with Crippen molar-refractivity contribution in [3.05, 3.63) is 106 Å². The Morgan fingerprint density at radius 1 is 1.16 bits per heavy atom. The number of thiocarbonyl (C=S) groups is 1. The third kappa shape index (κ3) is 4.85. The zero-order valence-corrected chi connectivity index (χ0v) is 21.6. The van der Waals surface area contributed by atoms with Crippen LogP contribution < -0.4 is 15.5 Å². The van der Waals surface area contributed by atoms with Crippen LogP contribution in [0.25, 0.3) is 11.3 Å². The number of rotatable bonds is 7. The molecular formula is C28H25N5O4S. The maximum atomic E-state index is 11.9. The number of pyridine rings is 1. The molecule has 192 valence electrons. The zero-order chi connectivity index (χ0) is 26.8. The third-order valence-corrected chi connectivity index (χ3v) is 6.78. The van der Waals surface area contributed by atoms with Crippen molar-refractivity contribution in [3.63, 3.8) is 0 Å². The van der Waals surface area contributed by atoms with Gasteiger partial charge in [0.2, 0.25) is 5.91 Å². The van der Waals surface area contributed by atoms with E-state index in [4.69, 9.17) is 16.6 Å². The minimum atomic E-state index is -0.432. The van der Waals surface area contributed by atoms with Crippen LogP contribution in [0.15, 0.2) is 83.4 Å². The van der Waals surface area contributed by atoms with Crippen molar-refractivity contribution in [3.8, 4) is 11.3 Å². The van der Waals surface area contributed by atoms with Gasteiger partial charge in [0.05, 0.1) is 16.7 Å². The third-order valence-electron chi connectivity index (χ3n) is 6.46. The van der Waals surface area contributed by atoms with E-state index in [0.29, 0.717) is 23.1 Å². The lowest BCUT2D eigenvalue weighted by atomic mass is 10.0. The first-order valence-corrected chi connectivity index (χ1v) is 12.5. The monoisotopic (exact) mass is 527 g/mol. The van der Waals surface area contributed by atoms with Crippen LogP contribution in [0.1, 0.15) is 42.4 Å². The molecule has 0 bridgehead atoms. The van der Waals surface area contributed by atoms with E-state index in [1.54, 1.807) is 18.3 Å². The standard InChI is InChI=1S/C28H25N5O4S/c1-3-25(34)30-21-12-11-20(16-17(21)2)32-27(26(31-28(32)38)22-6-4-5-15-29-22)24-14-13-23(37-24)18-7-9-19(10-8-18)33(35)36/h4-16,26-27H,3H2,1-2H3,(H,30,34)(H,31,38)/t26-,27+/m1/s1. The molecule has 0 radical (unpaired) electrons. The van der Waals surface area contributed by atoms with Gasteiger partial charge in [-0.15, -0.1) is 0 Å². The number of carbonyl (C=O) groups is 1. The van der Waals surface area contributed by atoms with E-state index in [-0.39, 0.29) is 23.7 Å². The van der Waals surface area contributed by atoms with Gasteiger partial charge in [-0.3, -0.25) is 19.9 Å². The predicted molar refractivity (Wildman–Crippen MR) is 149 cm³/mol. The average Bonchev–Trinajstić information content (AvgIpc) is 3.55. The topological polar surface area (TPSA) is 114 Å². The summed E-state index contributed by atoms with van der Waals surface area (Å²) in [5, 5.41) is 17.9. The van der Waals surface area contributed by atoms with Crippen molar-refractivity contribution < 1.29 is 14.1 Å². The summed E-state index contributed by atoms with van der Waals surface area (Å²) in [6.45, 7) is 3.75. The zero-order valence-electron chi connectivity index (χ0n) is 20.8. The van der Waals surface area contributed by atoms with E-state index in [2.05, 4.69) is 15.6 Å². The minimum absolute atomic E-state index is 0.0150. The molecule has 0 saturated carbocycles. The number of aryl methyl sites for hydroxylation is 1. The normalized spacial score (nSPS) is 16.8. The van der Waals surface area contributed by atoms with Gasteiger partial charge in [0.1, 0.15) is 17.6 Å². The van der Waals surface area contributed by atoms with Crippen molar-refractivity contribution in [2.45, 2.75) is 32.4 Å². The molecule has 3 heterocycles. The van der Waals surface area contributed by atoms with Gasteiger partial charge in [0.25, 0.3) is 5.69 Å². The van der Waals surface area contributed by atoms with E-state index in [9.17, 15) is 14.9 Å². The summed E-state index contributed by atoms with van der Waals surface area (Å²) in [6.07, 6.45) is 2.13. The molecule has 2 aromatic heterocycles. The quantitative estimate of drug-likeness (QED) is 0.169. The second-order valence-electron chi connectivity index (χ2n) is 8.90. The van der Waals surface area contributed by atoms with Gasteiger partial charge in [-0.05, 0) is 79.3 Å². The van der Waals surface area contributed by atoms with Crippen molar-refractivity contribution in [1.82, 2.24) is 10.3 Å². The summed E-state index contributed by atoms with van der Waals surface area (Å²) in [7, 11) is 0. The highest BCUT2D eigenvalue weighted by Gasteiger charge is 2.42. The number of benzene rings is 2. The summed E-state index contributed by atoms with van der Waals surface area (Å²) in [5.41, 5.74) is 4.03. The molecule has 4 aromatic rings. The van der Waals surface area contributed by atoms with E-state index in [1.165, 1.54) is 12.1 Å². The van der Waals surface area contributed by atoms with Gasteiger partial charge in [-0.25, -0.2) is 0 Å². The molecule has 0 unspecified atom stereocenters. The van der Waals surface area contributed by atoms with Crippen LogP contribution in [0.3, 0.4) is 0 Å². The summed E-state index contributed by atoms with van der Waals surface area (Å²) >= 11 is 5.79. The Balaban J connectivity index is 1.54. The number of anilines is 2. The predicted octanol–water partition coefficient (Wildman–Crippen LogP) is 6.08. The molecule has 1 fully saturated rings. The number of hydrogen-bond donors (Lipinski definition) is 2. The summed E-state index contributed by atoms with van der Waals surface area (Å²) in [4.78, 5) is 29.1. The van der Waals surface area contributed by atoms with Crippen LogP contribution in [0.5, 0.6) is 0 Å². The molecule has 1 amide bonds. The average molecular weight is 528 g/mol. The van der Waals surface area contributed by atoms with Crippen LogP contribution in [-0.4, -0.2) is 20.9 Å². The molecule has 5 rings (SSSR count). The van der Waals surface area contributed by atoms with Crippen LogP contribution >= 0.6 is 12.2 Å². The molecule has 10 heteroatoms. The van der Waals surface area contributed by atoms with Gasteiger partial charge in [-0.1, -0.05) is 13.0 Å². The molecule has 0 aliphatic carbocycles. The number of nitro groups is 1. The van der Waals surface area contributed by atoms with Gasteiger partial charge < -0.3 is 20.0 Å². The van der Waals surface area contributed by atoms with Crippen LogP contribution in [-0.2, 0) is 4.79 Å². The molecule has 1 saturated heterocycles. The first kappa shape index (κ1) is 25.1. The highest BCUT2D eigenvalue weighted by molar-refractivity contribution is 7.80. The number of non-ortho nitro benzene ring substituents is 1. The van der Waals surface area contributed by atoms with Crippen molar-refractivity contribution >= 4 is 40.3 Å². The SMILES string of the molecule is CCC(=O)Nc1ccc(N2C(=S)N[C@H](c3ccccn3)[C@@H]2c2ccc(-c3ccc([N+](=O)[O-])cc3)o2)cc1C. The number of aromatic nitrogens is 1. The highest BCUT2D eigenvalue weighted by atomic mass is 32.1. The molecule has 38 heavy (non-hydrogen) atoms. The van der Waals surface area contributed by atoms with Crippen LogP contribution in [0, 0.1) is 17.0 Å². The van der Waals surface area contributed by atoms with Gasteiger partial charge in [-0.2, -0.15) is 0 Å². The molecule has 1 aliphatic rings. The van der Waals surface area contributed by atoms with Crippen molar-refractivity contribution in [2.24, 2.45) is 0 Å². The molecule has 0 spiro atoms. The van der Waals surface area contributed by atoms with Crippen LogP contribution in [0.4, 0.5) is 17.1 Å². The first-order valence-electron chi connectivity index (χ1n) is 12.1. The van der Waals surface area contributed by atoms with E-state index in [0.717, 1.165) is 28.2 Å². The van der Waals surface area contributed by atoms with Gasteiger partial charge in [0.15, 0.2) is 5.11 Å². The lowest BCUT2D eigenvalue weighted by Crippen LogP contribution is -2.29. The fraction of sp³-hybridized carbons (Fsp3) is 0.179. The molecule has 9 nitrogen and oxygen atoms in total. The number of amides is 1. The number of nitro benzene ring substituents is 1. The Kier molecular flexibility index (Phi) is 6.89. The molecule has 2 aromatic carbocycles. The Labute approximate surface area is 224 Å². The van der Waals surface area contributed by atoms with E-state index < -0.39 is 4.92 Å². The molecule has 1 aliphatic heterocycles.